The minimum Gasteiger partial charge on any atom is -0.299 e. The fourth-order valence-electron chi connectivity index (χ4n) is 1.07. The average molecular weight is 262 g/mol. The van der Waals surface area contributed by atoms with E-state index in [-0.39, 0.29) is 5.78 Å². The van der Waals surface area contributed by atoms with Crippen LogP contribution in [-0.2, 0) is 11.2 Å². The van der Waals surface area contributed by atoms with Crippen LogP contribution >= 0.6 is 27.5 Å². The van der Waals surface area contributed by atoms with Gasteiger partial charge in [0.2, 0.25) is 0 Å². The quantitative estimate of drug-likeness (QED) is 0.761. The molecule has 0 unspecified atom stereocenters. The van der Waals surface area contributed by atoms with Crippen molar-refractivity contribution < 1.29 is 4.79 Å². The molecule has 0 saturated carbocycles. The Hall–Kier alpha value is -0.340. The Morgan fingerprint density at radius 2 is 2.23 bits per heavy atom. The molecule has 0 aliphatic rings. The first-order valence-electron chi connectivity index (χ1n) is 4.04. The molecule has 3 heteroatoms. The van der Waals surface area contributed by atoms with Crippen molar-refractivity contribution in [2.75, 3.05) is 5.88 Å². The van der Waals surface area contributed by atoms with Gasteiger partial charge in [-0.2, -0.15) is 0 Å². The molecule has 0 heterocycles. The van der Waals surface area contributed by atoms with Crippen LogP contribution in [0.1, 0.15) is 12.0 Å². The van der Waals surface area contributed by atoms with E-state index in [1.165, 1.54) is 0 Å². The molecule has 0 spiro atoms. The number of ketones is 1. The number of halogens is 2. The van der Waals surface area contributed by atoms with Gasteiger partial charge in [-0.05, 0) is 17.7 Å². The molecule has 1 rings (SSSR count). The number of Topliss-reactive ketones (excluding diaryl/α,β-unsaturated/α-hetero) is 1. The molecule has 0 atom stereocenters. The minimum atomic E-state index is 0.188. The Morgan fingerprint density at radius 1 is 1.46 bits per heavy atom. The van der Waals surface area contributed by atoms with E-state index < -0.39 is 0 Å². The third-order valence-corrected chi connectivity index (χ3v) is 2.35. The number of hydrogen-bond acceptors (Lipinski definition) is 1. The van der Waals surface area contributed by atoms with Crippen molar-refractivity contribution in [1.29, 1.82) is 0 Å². The van der Waals surface area contributed by atoms with Gasteiger partial charge < -0.3 is 0 Å². The first kappa shape index (κ1) is 10.7. The molecular formula is C10H10BrClO. The molecular weight excluding hydrogens is 251 g/mol. The highest BCUT2D eigenvalue weighted by Crippen LogP contribution is 2.12. The molecule has 13 heavy (non-hydrogen) atoms. The number of hydrogen-bond donors (Lipinski definition) is 0. The van der Waals surface area contributed by atoms with Crippen LogP contribution in [0.25, 0.3) is 0 Å². The van der Waals surface area contributed by atoms with Crippen LogP contribution in [0.4, 0.5) is 0 Å². The van der Waals surface area contributed by atoms with E-state index in [0.29, 0.717) is 18.7 Å². The number of alkyl halides is 1. The third-order valence-electron chi connectivity index (χ3n) is 1.66. The second-order valence-corrected chi connectivity index (χ2v) is 4.08. The Bertz CT molecular complexity index is 299. The smallest absolute Gasteiger partial charge is 0.138 e. The summed E-state index contributed by atoms with van der Waals surface area (Å²) >= 11 is 8.82. The van der Waals surface area contributed by atoms with Crippen molar-refractivity contribution >= 4 is 33.3 Å². The monoisotopic (exact) mass is 260 g/mol. The molecule has 1 nitrogen and oxygen atoms in total. The topological polar surface area (TPSA) is 17.1 Å². The van der Waals surface area contributed by atoms with Crippen molar-refractivity contribution in [3.8, 4) is 0 Å². The zero-order valence-electron chi connectivity index (χ0n) is 7.09. The molecule has 0 fully saturated rings. The van der Waals surface area contributed by atoms with Gasteiger partial charge in [0.05, 0.1) is 0 Å². The maximum atomic E-state index is 11.2. The lowest BCUT2D eigenvalue weighted by molar-refractivity contribution is -0.118. The Labute approximate surface area is 91.2 Å². The second kappa shape index (κ2) is 5.40. The summed E-state index contributed by atoms with van der Waals surface area (Å²) in [5, 5.41) is 0. The fourth-order valence-corrected chi connectivity index (χ4v) is 1.73. The van der Waals surface area contributed by atoms with Gasteiger partial charge in [-0.1, -0.05) is 28.1 Å². The predicted molar refractivity (Wildman–Crippen MR) is 58.2 cm³/mol. The number of rotatable bonds is 4. The van der Waals surface area contributed by atoms with E-state index in [0.717, 1.165) is 10.0 Å². The normalized spacial score (nSPS) is 10.0. The lowest BCUT2D eigenvalue weighted by Crippen LogP contribution is -2.02. The summed E-state index contributed by atoms with van der Waals surface area (Å²) in [6, 6.07) is 7.76. The van der Waals surface area contributed by atoms with Crippen molar-refractivity contribution in [3.63, 3.8) is 0 Å². The molecule has 0 saturated heterocycles. The standard InChI is InChI=1S/C10H10BrClO/c11-9-3-1-2-8(6-9)7-10(13)4-5-12/h1-3,6H,4-5,7H2. The minimum absolute atomic E-state index is 0.188. The Morgan fingerprint density at radius 3 is 2.85 bits per heavy atom. The highest BCUT2D eigenvalue weighted by molar-refractivity contribution is 9.10. The van der Waals surface area contributed by atoms with Gasteiger partial charge in [0.1, 0.15) is 5.78 Å². The van der Waals surface area contributed by atoms with Gasteiger partial charge in [0.25, 0.3) is 0 Å². The van der Waals surface area contributed by atoms with Gasteiger partial charge in [-0.15, -0.1) is 11.6 Å². The fraction of sp³-hybridized carbons (Fsp3) is 0.300. The van der Waals surface area contributed by atoms with Crippen LogP contribution in [0.3, 0.4) is 0 Å². The van der Waals surface area contributed by atoms with Crippen LogP contribution in [-0.4, -0.2) is 11.7 Å². The number of carbonyl (C=O) groups excluding carboxylic acids is 1. The van der Waals surface area contributed by atoms with E-state index in [4.69, 9.17) is 11.6 Å². The Balaban J connectivity index is 2.58. The third kappa shape index (κ3) is 3.92. The predicted octanol–water partition coefficient (Wildman–Crippen LogP) is 3.19. The van der Waals surface area contributed by atoms with Gasteiger partial charge in [-0.3, -0.25) is 4.79 Å². The summed E-state index contributed by atoms with van der Waals surface area (Å²) in [6.07, 6.45) is 0.931. The molecule has 0 radical (unpaired) electrons. The molecule has 0 aromatic heterocycles. The average Bonchev–Trinajstić information content (AvgIpc) is 2.04. The van der Waals surface area contributed by atoms with Crippen molar-refractivity contribution in [3.05, 3.63) is 34.3 Å². The van der Waals surface area contributed by atoms with Crippen LogP contribution in [0, 0.1) is 0 Å². The maximum absolute atomic E-state index is 11.2. The molecule has 1 aromatic carbocycles. The summed E-state index contributed by atoms with van der Waals surface area (Å²) in [5.41, 5.74) is 1.03. The van der Waals surface area contributed by atoms with E-state index in [1.807, 2.05) is 24.3 Å². The maximum Gasteiger partial charge on any atom is 0.138 e. The first-order valence-corrected chi connectivity index (χ1v) is 5.37. The van der Waals surface area contributed by atoms with E-state index >= 15 is 0 Å². The lowest BCUT2D eigenvalue weighted by Gasteiger charge is -1.99. The summed E-state index contributed by atoms with van der Waals surface area (Å²) in [5.74, 6) is 0.598. The molecule has 1 aromatic rings. The summed E-state index contributed by atoms with van der Waals surface area (Å²) in [4.78, 5) is 11.2. The van der Waals surface area contributed by atoms with E-state index in [9.17, 15) is 4.79 Å². The highest BCUT2D eigenvalue weighted by Gasteiger charge is 2.02. The van der Waals surface area contributed by atoms with Crippen molar-refractivity contribution in [2.24, 2.45) is 0 Å². The highest BCUT2D eigenvalue weighted by atomic mass is 79.9. The molecule has 70 valence electrons. The van der Waals surface area contributed by atoms with Crippen LogP contribution in [0.2, 0.25) is 0 Å². The van der Waals surface area contributed by atoms with E-state index in [1.54, 1.807) is 0 Å². The zero-order valence-corrected chi connectivity index (χ0v) is 9.44. The molecule has 0 aliphatic heterocycles. The largest absolute Gasteiger partial charge is 0.299 e. The van der Waals surface area contributed by atoms with Crippen LogP contribution in [0.15, 0.2) is 28.7 Å². The second-order valence-electron chi connectivity index (χ2n) is 2.78. The number of carbonyl (C=O) groups is 1. The number of benzene rings is 1. The lowest BCUT2D eigenvalue weighted by atomic mass is 10.1. The summed E-state index contributed by atoms with van der Waals surface area (Å²) < 4.78 is 1.00. The molecule has 0 aliphatic carbocycles. The molecule has 0 amide bonds. The van der Waals surface area contributed by atoms with Crippen molar-refractivity contribution in [2.45, 2.75) is 12.8 Å². The summed E-state index contributed by atoms with van der Waals surface area (Å²) in [6.45, 7) is 0. The Kier molecular flexibility index (Phi) is 4.46. The van der Waals surface area contributed by atoms with Gasteiger partial charge in [-0.25, -0.2) is 0 Å². The summed E-state index contributed by atoms with van der Waals surface area (Å²) in [7, 11) is 0. The zero-order chi connectivity index (χ0) is 9.68. The van der Waals surface area contributed by atoms with Gasteiger partial charge in [0.15, 0.2) is 0 Å². The SMILES string of the molecule is O=C(CCCl)Cc1cccc(Br)c1. The van der Waals surface area contributed by atoms with Gasteiger partial charge >= 0.3 is 0 Å². The van der Waals surface area contributed by atoms with E-state index in [2.05, 4.69) is 15.9 Å². The van der Waals surface area contributed by atoms with Gasteiger partial charge in [0, 0.05) is 23.2 Å². The molecule has 0 N–H and O–H groups in total. The van der Waals surface area contributed by atoms with Crippen LogP contribution < -0.4 is 0 Å². The van der Waals surface area contributed by atoms with Crippen molar-refractivity contribution in [1.82, 2.24) is 0 Å². The van der Waals surface area contributed by atoms with Crippen LogP contribution in [0.5, 0.6) is 0 Å². The first-order chi connectivity index (χ1) is 6.22. The molecule has 0 bridgehead atoms.